The molecule has 0 aliphatic heterocycles. The summed E-state index contributed by atoms with van der Waals surface area (Å²) in [4.78, 5) is 2.40. The van der Waals surface area contributed by atoms with E-state index in [2.05, 4.69) is 32.3 Å². The van der Waals surface area contributed by atoms with Crippen LogP contribution in [-0.4, -0.2) is 17.5 Å². The zero-order valence-corrected chi connectivity index (χ0v) is 7.93. The first-order valence-corrected chi connectivity index (χ1v) is 4.53. The normalized spacial score (nSPS) is 17.1. The lowest BCUT2D eigenvalue weighted by atomic mass is 10.2. The monoisotopic (exact) mass is 153 g/mol. The molecule has 0 amide bonds. The van der Waals surface area contributed by atoms with Gasteiger partial charge in [0.05, 0.1) is 0 Å². The van der Waals surface area contributed by atoms with E-state index in [9.17, 15) is 0 Å². The highest BCUT2D eigenvalue weighted by Gasteiger charge is 2.24. The molecule has 11 heavy (non-hydrogen) atoms. The van der Waals surface area contributed by atoms with Gasteiger partial charge >= 0.3 is 0 Å². The Morgan fingerprint density at radius 3 is 2.36 bits per heavy atom. The molecule has 0 aromatic carbocycles. The molecule has 1 aliphatic carbocycles. The number of allylic oxidation sites excluding steroid dienone is 1. The lowest BCUT2D eigenvalue weighted by Gasteiger charge is -2.28. The number of hydrogen-bond acceptors (Lipinski definition) is 1. The molecule has 1 fully saturated rings. The first-order chi connectivity index (χ1) is 5.11. The van der Waals surface area contributed by atoms with Gasteiger partial charge in [0.1, 0.15) is 0 Å². The van der Waals surface area contributed by atoms with Crippen molar-refractivity contribution in [2.45, 2.75) is 39.7 Å². The molecule has 1 nitrogen and oxygen atoms in total. The van der Waals surface area contributed by atoms with Crippen molar-refractivity contribution in [1.29, 1.82) is 0 Å². The Kier molecular flexibility index (Phi) is 2.58. The van der Waals surface area contributed by atoms with Crippen LogP contribution >= 0.6 is 0 Å². The molecule has 0 atom stereocenters. The average Bonchev–Trinajstić information content (AvgIpc) is 2.63. The van der Waals surface area contributed by atoms with Crippen molar-refractivity contribution in [3.63, 3.8) is 0 Å². The maximum absolute atomic E-state index is 3.98. The molecule has 1 heteroatoms. The second-order valence-corrected chi connectivity index (χ2v) is 3.92. The Hall–Kier alpha value is -0.460. The van der Waals surface area contributed by atoms with Gasteiger partial charge in [-0.1, -0.05) is 6.58 Å². The van der Waals surface area contributed by atoms with Crippen LogP contribution in [0.1, 0.15) is 33.6 Å². The van der Waals surface area contributed by atoms with Crippen LogP contribution < -0.4 is 0 Å². The minimum atomic E-state index is 0.619. The molecule has 0 bridgehead atoms. The van der Waals surface area contributed by atoms with Gasteiger partial charge < -0.3 is 4.90 Å². The van der Waals surface area contributed by atoms with Gasteiger partial charge in [-0.05, 0) is 39.5 Å². The maximum atomic E-state index is 3.98. The average molecular weight is 153 g/mol. The fraction of sp³-hybridized carbons (Fsp3) is 0.800. The van der Waals surface area contributed by atoms with E-state index < -0.39 is 0 Å². The Morgan fingerprint density at radius 1 is 1.55 bits per heavy atom. The van der Waals surface area contributed by atoms with Gasteiger partial charge in [-0.3, -0.25) is 0 Å². The smallest absolute Gasteiger partial charge is 0.0230 e. The molecular formula is C10H19N. The summed E-state index contributed by atoms with van der Waals surface area (Å²) in [6.07, 6.45) is 2.85. The summed E-state index contributed by atoms with van der Waals surface area (Å²) in [6, 6.07) is 0.619. The summed E-state index contributed by atoms with van der Waals surface area (Å²) < 4.78 is 0. The Balaban J connectivity index is 2.37. The molecule has 0 aromatic heterocycles. The number of rotatable bonds is 4. The molecule has 1 aliphatic rings. The fourth-order valence-corrected chi connectivity index (χ4v) is 1.39. The van der Waals surface area contributed by atoms with Crippen molar-refractivity contribution >= 4 is 0 Å². The van der Waals surface area contributed by atoms with Crippen LogP contribution in [0.2, 0.25) is 0 Å². The van der Waals surface area contributed by atoms with E-state index >= 15 is 0 Å². The molecule has 0 heterocycles. The first kappa shape index (κ1) is 8.63. The van der Waals surface area contributed by atoms with Gasteiger partial charge in [-0.2, -0.15) is 0 Å². The van der Waals surface area contributed by atoms with Crippen molar-refractivity contribution in [3.05, 3.63) is 12.3 Å². The van der Waals surface area contributed by atoms with E-state index in [1.807, 2.05) is 0 Å². The second-order valence-electron chi connectivity index (χ2n) is 3.92. The maximum Gasteiger partial charge on any atom is 0.0230 e. The van der Waals surface area contributed by atoms with E-state index in [1.165, 1.54) is 25.1 Å². The minimum Gasteiger partial charge on any atom is -0.373 e. The lowest BCUT2D eigenvalue weighted by Crippen LogP contribution is -2.30. The third kappa shape index (κ3) is 2.57. The van der Waals surface area contributed by atoms with Crippen LogP contribution in [0.5, 0.6) is 0 Å². The van der Waals surface area contributed by atoms with Gasteiger partial charge in [-0.15, -0.1) is 0 Å². The first-order valence-electron chi connectivity index (χ1n) is 4.53. The Labute approximate surface area is 70.1 Å². The quantitative estimate of drug-likeness (QED) is 0.600. The van der Waals surface area contributed by atoms with Crippen LogP contribution in [0.15, 0.2) is 12.3 Å². The fourth-order valence-electron chi connectivity index (χ4n) is 1.39. The van der Waals surface area contributed by atoms with Gasteiger partial charge in [-0.25, -0.2) is 0 Å². The van der Waals surface area contributed by atoms with Gasteiger partial charge in [0, 0.05) is 18.3 Å². The largest absolute Gasteiger partial charge is 0.373 e. The summed E-state index contributed by atoms with van der Waals surface area (Å²) in [5.74, 6) is 0.967. The van der Waals surface area contributed by atoms with Crippen LogP contribution in [0.25, 0.3) is 0 Å². The molecule has 0 saturated heterocycles. The SMILES string of the molecule is C=C(C)N(CC1CC1)C(C)C. The highest BCUT2D eigenvalue weighted by molar-refractivity contribution is 4.93. The van der Waals surface area contributed by atoms with E-state index in [-0.39, 0.29) is 0 Å². The molecule has 1 rings (SSSR count). The second kappa shape index (κ2) is 3.29. The molecule has 1 saturated carbocycles. The molecule has 0 N–H and O–H groups in total. The third-order valence-electron chi connectivity index (χ3n) is 2.27. The lowest BCUT2D eigenvalue weighted by molar-refractivity contribution is 0.274. The summed E-state index contributed by atoms with van der Waals surface area (Å²) >= 11 is 0. The van der Waals surface area contributed by atoms with Crippen LogP contribution in [0, 0.1) is 5.92 Å². The van der Waals surface area contributed by atoms with Gasteiger partial charge in [0.15, 0.2) is 0 Å². The molecule has 0 aromatic rings. The van der Waals surface area contributed by atoms with E-state index in [0.717, 1.165) is 5.92 Å². The molecule has 0 radical (unpaired) electrons. The highest BCUT2D eigenvalue weighted by Crippen LogP contribution is 2.31. The van der Waals surface area contributed by atoms with Crippen LogP contribution in [-0.2, 0) is 0 Å². The molecule has 64 valence electrons. The van der Waals surface area contributed by atoms with E-state index in [4.69, 9.17) is 0 Å². The van der Waals surface area contributed by atoms with Crippen molar-refractivity contribution < 1.29 is 0 Å². The molecule has 0 unspecified atom stereocenters. The Morgan fingerprint density at radius 2 is 2.09 bits per heavy atom. The standard InChI is InChI=1S/C10H19N/c1-8(2)11(9(3)4)7-10-5-6-10/h9-10H,1,5-7H2,2-4H3. The van der Waals surface area contributed by atoms with Crippen molar-refractivity contribution in [3.8, 4) is 0 Å². The van der Waals surface area contributed by atoms with E-state index in [1.54, 1.807) is 0 Å². The topological polar surface area (TPSA) is 3.24 Å². The van der Waals surface area contributed by atoms with Crippen LogP contribution in [0.3, 0.4) is 0 Å². The van der Waals surface area contributed by atoms with Gasteiger partial charge in [0.25, 0.3) is 0 Å². The summed E-state index contributed by atoms with van der Waals surface area (Å²) in [5.41, 5.74) is 1.21. The number of hydrogen-bond donors (Lipinski definition) is 0. The number of nitrogens with zero attached hydrogens (tertiary/aromatic N) is 1. The van der Waals surface area contributed by atoms with Crippen molar-refractivity contribution in [1.82, 2.24) is 4.90 Å². The van der Waals surface area contributed by atoms with E-state index in [0.29, 0.717) is 6.04 Å². The summed E-state index contributed by atoms with van der Waals surface area (Å²) in [6.45, 7) is 11.8. The van der Waals surface area contributed by atoms with Crippen molar-refractivity contribution in [2.75, 3.05) is 6.54 Å². The predicted molar refractivity (Wildman–Crippen MR) is 49.4 cm³/mol. The van der Waals surface area contributed by atoms with Gasteiger partial charge in [0.2, 0.25) is 0 Å². The molecule has 0 spiro atoms. The minimum absolute atomic E-state index is 0.619. The highest BCUT2D eigenvalue weighted by atomic mass is 15.2. The Bertz CT molecular complexity index is 145. The summed E-state index contributed by atoms with van der Waals surface area (Å²) in [5, 5.41) is 0. The molecular weight excluding hydrogens is 134 g/mol. The van der Waals surface area contributed by atoms with Crippen LogP contribution in [0.4, 0.5) is 0 Å². The van der Waals surface area contributed by atoms with Crippen molar-refractivity contribution in [2.24, 2.45) is 5.92 Å². The zero-order valence-electron chi connectivity index (χ0n) is 7.93. The predicted octanol–water partition coefficient (Wildman–Crippen LogP) is 2.64. The third-order valence-corrected chi connectivity index (χ3v) is 2.27. The summed E-state index contributed by atoms with van der Waals surface area (Å²) in [7, 11) is 0. The zero-order chi connectivity index (χ0) is 8.43.